The molecule has 1 aliphatic carbocycles. The van der Waals surface area contributed by atoms with Crippen molar-refractivity contribution in [2.45, 2.75) is 58.4 Å². The Bertz CT molecular complexity index is 128. The van der Waals surface area contributed by atoms with Crippen LogP contribution in [-0.4, -0.2) is 6.04 Å². The fourth-order valence-corrected chi connectivity index (χ4v) is 2.44. The van der Waals surface area contributed by atoms with Crippen LogP contribution in [0.2, 0.25) is 0 Å². The van der Waals surface area contributed by atoms with Crippen LogP contribution in [0.15, 0.2) is 0 Å². The zero-order chi connectivity index (χ0) is 9.68. The normalized spacial score (nSPS) is 22.2. The number of hydrogen-bond acceptors (Lipinski definition) is 2. The molecule has 0 aliphatic heterocycles. The lowest BCUT2D eigenvalue weighted by Crippen LogP contribution is -2.42. The van der Waals surface area contributed by atoms with Crippen molar-refractivity contribution >= 4 is 0 Å². The molecule has 0 aromatic rings. The van der Waals surface area contributed by atoms with Crippen molar-refractivity contribution in [3.05, 3.63) is 0 Å². The van der Waals surface area contributed by atoms with Crippen LogP contribution in [0.3, 0.4) is 0 Å². The van der Waals surface area contributed by atoms with Crippen LogP contribution in [0, 0.1) is 11.8 Å². The van der Waals surface area contributed by atoms with E-state index < -0.39 is 0 Å². The van der Waals surface area contributed by atoms with Gasteiger partial charge in [0.15, 0.2) is 0 Å². The van der Waals surface area contributed by atoms with Gasteiger partial charge in [0.1, 0.15) is 0 Å². The Morgan fingerprint density at radius 2 is 1.85 bits per heavy atom. The zero-order valence-corrected chi connectivity index (χ0v) is 9.05. The summed E-state index contributed by atoms with van der Waals surface area (Å²) in [6.45, 7) is 4.54. The summed E-state index contributed by atoms with van der Waals surface area (Å²) in [5, 5.41) is 0. The van der Waals surface area contributed by atoms with E-state index in [-0.39, 0.29) is 0 Å². The van der Waals surface area contributed by atoms with E-state index in [0.717, 1.165) is 11.8 Å². The number of rotatable bonds is 4. The minimum atomic E-state index is 0.556. The second kappa shape index (κ2) is 5.61. The minimum Gasteiger partial charge on any atom is -0.271 e. The average molecular weight is 184 g/mol. The molecule has 1 rings (SSSR count). The maximum atomic E-state index is 5.60. The molecular formula is C11H24N2. The molecule has 0 heterocycles. The van der Waals surface area contributed by atoms with Gasteiger partial charge in [-0.3, -0.25) is 11.3 Å². The molecule has 0 aromatic heterocycles. The smallest absolute Gasteiger partial charge is 0.0241 e. The summed E-state index contributed by atoms with van der Waals surface area (Å²) < 4.78 is 0. The molecule has 2 heteroatoms. The highest BCUT2D eigenvalue weighted by molar-refractivity contribution is 4.78. The monoisotopic (exact) mass is 184 g/mol. The van der Waals surface area contributed by atoms with E-state index in [1.54, 1.807) is 0 Å². The van der Waals surface area contributed by atoms with E-state index in [1.165, 1.54) is 38.5 Å². The lowest BCUT2D eigenvalue weighted by molar-refractivity contribution is 0.243. The predicted octanol–water partition coefficient (Wildman–Crippen LogP) is 2.44. The first-order valence-corrected chi connectivity index (χ1v) is 5.70. The SMILES string of the molecule is CC(C)CC(NN)C1CCCCC1. The molecule has 0 bridgehead atoms. The van der Waals surface area contributed by atoms with Gasteiger partial charge in [-0.2, -0.15) is 0 Å². The van der Waals surface area contributed by atoms with Gasteiger partial charge in [-0.15, -0.1) is 0 Å². The number of nitrogens with two attached hydrogens (primary N) is 1. The third-order valence-corrected chi connectivity index (χ3v) is 3.16. The summed E-state index contributed by atoms with van der Waals surface area (Å²) in [6, 6.07) is 0.556. The molecule has 78 valence electrons. The Labute approximate surface area is 82.2 Å². The molecule has 2 nitrogen and oxygen atoms in total. The van der Waals surface area contributed by atoms with Crippen LogP contribution in [0.1, 0.15) is 52.4 Å². The molecule has 0 saturated heterocycles. The molecule has 1 atom stereocenters. The van der Waals surface area contributed by atoms with E-state index in [0.29, 0.717) is 6.04 Å². The lowest BCUT2D eigenvalue weighted by Gasteiger charge is -2.30. The standard InChI is InChI=1S/C11H24N2/c1-9(2)8-11(13-12)10-6-4-3-5-7-10/h9-11,13H,3-8,12H2,1-2H3. The Morgan fingerprint density at radius 1 is 1.23 bits per heavy atom. The summed E-state index contributed by atoms with van der Waals surface area (Å²) in [5.41, 5.74) is 3.00. The van der Waals surface area contributed by atoms with Crippen molar-refractivity contribution in [1.29, 1.82) is 0 Å². The molecule has 0 radical (unpaired) electrons. The molecule has 0 amide bonds. The fourth-order valence-electron chi connectivity index (χ4n) is 2.44. The van der Waals surface area contributed by atoms with Crippen molar-refractivity contribution in [1.82, 2.24) is 5.43 Å². The van der Waals surface area contributed by atoms with Crippen molar-refractivity contribution in [2.24, 2.45) is 17.7 Å². The quantitative estimate of drug-likeness (QED) is 0.520. The van der Waals surface area contributed by atoms with Gasteiger partial charge < -0.3 is 0 Å². The van der Waals surface area contributed by atoms with Gasteiger partial charge in [0, 0.05) is 6.04 Å². The summed E-state index contributed by atoms with van der Waals surface area (Å²) >= 11 is 0. The van der Waals surface area contributed by atoms with Gasteiger partial charge in [-0.25, -0.2) is 0 Å². The molecule has 0 spiro atoms. The lowest BCUT2D eigenvalue weighted by atomic mass is 9.81. The Balaban J connectivity index is 2.34. The van der Waals surface area contributed by atoms with Gasteiger partial charge in [0.25, 0.3) is 0 Å². The van der Waals surface area contributed by atoms with Crippen LogP contribution < -0.4 is 11.3 Å². The predicted molar refractivity (Wildman–Crippen MR) is 57.1 cm³/mol. The molecular weight excluding hydrogens is 160 g/mol. The van der Waals surface area contributed by atoms with Crippen molar-refractivity contribution in [3.63, 3.8) is 0 Å². The molecule has 13 heavy (non-hydrogen) atoms. The fraction of sp³-hybridized carbons (Fsp3) is 1.00. The van der Waals surface area contributed by atoms with Crippen molar-refractivity contribution < 1.29 is 0 Å². The van der Waals surface area contributed by atoms with Crippen LogP contribution >= 0.6 is 0 Å². The highest BCUT2D eigenvalue weighted by atomic mass is 15.2. The summed E-state index contributed by atoms with van der Waals surface area (Å²) in [5.74, 6) is 7.19. The second-order valence-electron chi connectivity index (χ2n) is 4.80. The maximum absolute atomic E-state index is 5.60. The van der Waals surface area contributed by atoms with Crippen LogP contribution in [-0.2, 0) is 0 Å². The molecule has 3 N–H and O–H groups in total. The third-order valence-electron chi connectivity index (χ3n) is 3.16. The third kappa shape index (κ3) is 3.65. The van der Waals surface area contributed by atoms with Crippen molar-refractivity contribution in [3.8, 4) is 0 Å². The summed E-state index contributed by atoms with van der Waals surface area (Å²) in [6.07, 6.45) is 8.21. The van der Waals surface area contributed by atoms with E-state index in [9.17, 15) is 0 Å². The van der Waals surface area contributed by atoms with Crippen LogP contribution in [0.4, 0.5) is 0 Å². The first kappa shape index (κ1) is 11.0. The Morgan fingerprint density at radius 3 is 2.31 bits per heavy atom. The minimum absolute atomic E-state index is 0.556. The van der Waals surface area contributed by atoms with Gasteiger partial charge in [0.2, 0.25) is 0 Å². The first-order valence-electron chi connectivity index (χ1n) is 5.70. The number of hydrazine groups is 1. The highest BCUT2D eigenvalue weighted by Crippen LogP contribution is 2.28. The Kier molecular flexibility index (Phi) is 4.74. The molecule has 1 saturated carbocycles. The van der Waals surface area contributed by atoms with E-state index in [2.05, 4.69) is 19.3 Å². The highest BCUT2D eigenvalue weighted by Gasteiger charge is 2.22. The number of hydrogen-bond donors (Lipinski definition) is 2. The van der Waals surface area contributed by atoms with E-state index >= 15 is 0 Å². The average Bonchev–Trinajstić information content (AvgIpc) is 2.15. The zero-order valence-electron chi connectivity index (χ0n) is 9.05. The molecule has 1 fully saturated rings. The molecule has 1 unspecified atom stereocenters. The summed E-state index contributed by atoms with van der Waals surface area (Å²) in [4.78, 5) is 0. The maximum Gasteiger partial charge on any atom is 0.0241 e. The van der Waals surface area contributed by atoms with Crippen molar-refractivity contribution in [2.75, 3.05) is 0 Å². The number of nitrogens with one attached hydrogen (secondary N) is 1. The Hall–Kier alpha value is -0.0800. The molecule has 0 aromatic carbocycles. The summed E-state index contributed by atoms with van der Waals surface area (Å²) in [7, 11) is 0. The van der Waals surface area contributed by atoms with Gasteiger partial charge in [-0.05, 0) is 31.1 Å². The molecule has 1 aliphatic rings. The van der Waals surface area contributed by atoms with Crippen LogP contribution in [0.25, 0.3) is 0 Å². The van der Waals surface area contributed by atoms with Gasteiger partial charge in [-0.1, -0.05) is 33.1 Å². The van der Waals surface area contributed by atoms with E-state index in [4.69, 9.17) is 5.84 Å². The first-order chi connectivity index (χ1) is 6.24. The van der Waals surface area contributed by atoms with E-state index in [1.807, 2.05) is 0 Å². The topological polar surface area (TPSA) is 38.0 Å². The van der Waals surface area contributed by atoms with Crippen LogP contribution in [0.5, 0.6) is 0 Å². The van der Waals surface area contributed by atoms with Gasteiger partial charge >= 0.3 is 0 Å². The second-order valence-corrected chi connectivity index (χ2v) is 4.80. The van der Waals surface area contributed by atoms with Gasteiger partial charge in [0.05, 0.1) is 0 Å². The largest absolute Gasteiger partial charge is 0.271 e.